The van der Waals surface area contributed by atoms with E-state index in [0.717, 1.165) is 30.5 Å². The molecular weight excluding hydrogens is 617 g/mol. The van der Waals surface area contributed by atoms with Gasteiger partial charge in [0.1, 0.15) is 10.0 Å². The third kappa shape index (κ3) is 5.54. The number of rotatable bonds is 7. The predicted molar refractivity (Wildman–Crippen MR) is 173 cm³/mol. The Morgan fingerprint density at radius 2 is 1.73 bits per heavy atom. The van der Waals surface area contributed by atoms with Gasteiger partial charge in [-0.3, -0.25) is 9.69 Å². The number of hydrogen-bond donors (Lipinski definition) is 0. The number of hydrogen-bond acceptors (Lipinski definition) is 8. The second kappa shape index (κ2) is 11.8. The number of piperidine rings is 1. The number of benzene rings is 3. The smallest absolute Gasteiger partial charge is 0.266 e. The maximum atomic E-state index is 13.6. The van der Waals surface area contributed by atoms with Crippen LogP contribution in [0.1, 0.15) is 30.4 Å². The highest BCUT2D eigenvalue weighted by Gasteiger charge is 2.33. The molecule has 0 bridgehead atoms. The van der Waals surface area contributed by atoms with Gasteiger partial charge in [0.25, 0.3) is 5.91 Å². The van der Waals surface area contributed by atoms with Gasteiger partial charge < -0.3 is 9.47 Å². The summed E-state index contributed by atoms with van der Waals surface area (Å²) in [5, 5.41) is 4.86. The normalized spacial score (nSPS) is 18.0. The molecule has 3 aromatic carbocycles. The van der Waals surface area contributed by atoms with Crippen LogP contribution < -0.4 is 9.47 Å². The summed E-state index contributed by atoms with van der Waals surface area (Å²) in [5.41, 5.74) is 3.58. The van der Waals surface area contributed by atoms with E-state index < -0.39 is 10.0 Å². The Bertz CT molecular complexity index is 1900. The van der Waals surface area contributed by atoms with E-state index in [9.17, 15) is 13.2 Å². The van der Waals surface area contributed by atoms with Gasteiger partial charge in [-0.2, -0.15) is 9.40 Å². The monoisotopic (exact) mass is 644 g/mol. The molecule has 4 aromatic rings. The number of para-hydroxylation sites is 1. The second-order valence-corrected chi connectivity index (χ2v) is 14.3. The van der Waals surface area contributed by atoms with E-state index in [1.807, 2.05) is 60.8 Å². The zero-order valence-electron chi connectivity index (χ0n) is 23.6. The number of aromatic nitrogens is 2. The first-order chi connectivity index (χ1) is 21.4. The Morgan fingerprint density at radius 3 is 2.55 bits per heavy atom. The van der Waals surface area contributed by atoms with Crippen LogP contribution in [0.4, 0.5) is 0 Å². The van der Waals surface area contributed by atoms with Crippen molar-refractivity contribution >= 4 is 50.3 Å². The van der Waals surface area contributed by atoms with Gasteiger partial charge in [-0.1, -0.05) is 66.8 Å². The average Bonchev–Trinajstić information content (AvgIpc) is 3.77. The van der Waals surface area contributed by atoms with Gasteiger partial charge in [0.2, 0.25) is 16.8 Å². The number of ether oxygens (including phenoxy) is 2. The van der Waals surface area contributed by atoms with Crippen LogP contribution in [0.3, 0.4) is 0 Å². The minimum absolute atomic E-state index is 0.175. The molecule has 3 aliphatic heterocycles. The van der Waals surface area contributed by atoms with Crippen LogP contribution in [0, 0.1) is 0 Å². The van der Waals surface area contributed by atoms with Gasteiger partial charge in [-0.25, -0.2) is 13.1 Å². The Hall–Kier alpha value is -3.97. The van der Waals surface area contributed by atoms with Crippen molar-refractivity contribution in [3.63, 3.8) is 0 Å². The lowest BCUT2D eigenvalue weighted by atomic mass is 10.1. The summed E-state index contributed by atoms with van der Waals surface area (Å²) in [4.78, 5) is 15.9. The Morgan fingerprint density at radius 1 is 0.932 bits per heavy atom. The van der Waals surface area contributed by atoms with E-state index in [2.05, 4.69) is 0 Å². The first-order valence-corrected chi connectivity index (χ1v) is 16.9. The molecular formula is C32H28N4O5S3. The predicted octanol–water partition coefficient (Wildman–Crippen LogP) is 5.84. The summed E-state index contributed by atoms with van der Waals surface area (Å²) < 4.78 is 41.6. The molecule has 0 aliphatic carbocycles. The van der Waals surface area contributed by atoms with E-state index in [4.69, 9.17) is 26.8 Å². The van der Waals surface area contributed by atoms with Crippen molar-refractivity contribution in [3.8, 4) is 28.4 Å². The number of nitrogens with zero attached hydrogens (tertiary/aromatic N) is 4. The molecule has 44 heavy (non-hydrogen) atoms. The molecule has 0 atom stereocenters. The number of thioether (sulfide) groups is 1. The van der Waals surface area contributed by atoms with E-state index in [0.29, 0.717) is 57.2 Å². The summed E-state index contributed by atoms with van der Waals surface area (Å²) in [6, 6.07) is 22.1. The molecule has 3 aliphatic rings. The van der Waals surface area contributed by atoms with Crippen LogP contribution in [0.15, 0.2) is 88.8 Å². The number of amides is 1. The fourth-order valence-electron chi connectivity index (χ4n) is 5.49. The van der Waals surface area contributed by atoms with Gasteiger partial charge in [0, 0.05) is 30.4 Å². The van der Waals surface area contributed by atoms with E-state index in [1.54, 1.807) is 38.2 Å². The minimum atomic E-state index is -3.65. The summed E-state index contributed by atoms with van der Waals surface area (Å²) >= 11 is 6.85. The molecule has 2 saturated heterocycles. The highest BCUT2D eigenvalue weighted by atomic mass is 32.2. The van der Waals surface area contributed by atoms with Crippen molar-refractivity contribution in [3.05, 3.63) is 95.0 Å². The second-order valence-electron chi connectivity index (χ2n) is 10.7. The fourth-order valence-corrected chi connectivity index (χ4v) is 8.30. The first kappa shape index (κ1) is 28.8. The van der Waals surface area contributed by atoms with E-state index in [1.165, 1.54) is 11.8 Å². The molecule has 1 aromatic heterocycles. The van der Waals surface area contributed by atoms with Gasteiger partial charge in [-0.05, 0) is 60.9 Å². The molecule has 0 unspecified atom stereocenters. The van der Waals surface area contributed by atoms with Gasteiger partial charge in [-0.15, -0.1) is 0 Å². The summed E-state index contributed by atoms with van der Waals surface area (Å²) in [7, 11) is -3.65. The summed E-state index contributed by atoms with van der Waals surface area (Å²) in [5.74, 6) is 1.11. The third-order valence-corrected chi connectivity index (χ3v) is 11.0. The lowest BCUT2D eigenvalue weighted by Gasteiger charge is -2.26. The third-order valence-electron chi connectivity index (χ3n) is 7.76. The number of sulfonamides is 1. The van der Waals surface area contributed by atoms with E-state index in [-0.39, 0.29) is 17.6 Å². The average molecular weight is 645 g/mol. The van der Waals surface area contributed by atoms with Crippen molar-refractivity contribution in [1.82, 2.24) is 19.0 Å². The quantitative estimate of drug-likeness (QED) is 0.183. The highest BCUT2D eigenvalue weighted by Crippen LogP contribution is 2.38. The SMILES string of the molecule is O=C1/C(=C/c2cn(-c3ccccc3)nc2-c2cccc(S(=O)(=O)N3CCCCC3)c2)SC(=S)N1Cc1ccc2c(c1)OCO2. The topological polar surface area (TPSA) is 94.0 Å². The lowest BCUT2D eigenvalue weighted by molar-refractivity contribution is -0.122. The van der Waals surface area contributed by atoms with Crippen LogP contribution in [0.25, 0.3) is 23.0 Å². The zero-order valence-corrected chi connectivity index (χ0v) is 26.0. The van der Waals surface area contributed by atoms with Gasteiger partial charge in [0.15, 0.2) is 11.5 Å². The van der Waals surface area contributed by atoms with Crippen LogP contribution in [0.5, 0.6) is 11.5 Å². The van der Waals surface area contributed by atoms with Gasteiger partial charge >= 0.3 is 0 Å². The minimum Gasteiger partial charge on any atom is -0.454 e. The Labute approximate surface area is 265 Å². The maximum Gasteiger partial charge on any atom is 0.266 e. The molecule has 224 valence electrons. The number of fused-ring (bicyclic) bond motifs is 1. The van der Waals surface area contributed by atoms with Gasteiger partial charge in [0.05, 0.1) is 22.0 Å². The van der Waals surface area contributed by atoms with Crippen molar-refractivity contribution in [2.75, 3.05) is 19.9 Å². The fraction of sp³-hybridized carbons (Fsp3) is 0.219. The molecule has 9 nitrogen and oxygen atoms in total. The van der Waals surface area contributed by atoms with Crippen LogP contribution in [0.2, 0.25) is 0 Å². The molecule has 4 heterocycles. The van der Waals surface area contributed by atoms with Crippen LogP contribution in [-0.2, 0) is 21.4 Å². The molecule has 0 spiro atoms. The zero-order chi connectivity index (χ0) is 30.3. The standard InChI is InChI=1S/C32H28N4O5S3/c37-31-29(43-32(42)35(31)19-22-12-13-27-28(16-22)41-21-40-27)18-24-20-36(25-9-3-1-4-10-25)33-30(24)23-8-7-11-26(17-23)44(38,39)34-14-5-2-6-15-34/h1,3-4,7-13,16-18,20H,2,5-6,14-15,19,21H2/b29-18-. The van der Waals surface area contributed by atoms with Crippen LogP contribution >= 0.6 is 24.0 Å². The van der Waals surface area contributed by atoms with Crippen LogP contribution in [-0.4, -0.2) is 57.5 Å². The molecule has 2 fully saturated rings. The first-order valence-electron chi connectivity index (χ1n) is 14.3. The summed E-state index contributed by atoms with van der Waals surface area (Å²) in [6.07, 6.45) is 6.39. The largest absolute Gasteiger partial charge is 0.454 e. The summed E-state index contributed by atoms with van der Waals surface area (Å²) in [6.45, 7) is 1.52. The molecule has 0 radical (unpaired) electrons. The molecule has 12 heteroatoms. The Balaban J connectivity index is 1.24. The van der Waals surface area contributed by atoms with E-state index >= 15 is 0 Å². The van der Waals surface area contributed by atoms with Crippen molar-refractivity contribution < 1.29 is 22.7 Å². The molecule has 0 saturated carbocycles. The van der Waals surface area contributed by atoms with Crippen molar-refractivity contribution in [1.29, 1.82) is 0 Å². The Kier molecular flexibility index (Phi) is 7.75. The number of carbonyl (C=O) groups excluding carboxylic acids is 1. The van der Waals surface area contributed by atoms with Crippen molar-refractivity contribution in [2.24, 2.45) is 0 Å². The molecule has 0 N–H and O–H groups in total. The molecule has 7 rings (SSSR count). The number of carbonyl (C=O) groups is 1. The highest BCUT2D eigenvalue weighted by molar-refractivity contribution is 8.26. The number of thiocarbonyl (C=S) groups is 1. The lowest BCUT2D eigenvalue weighted by Crippen LogP contribution is -2.35. The van der Waals surface area contributed by atoms with Crippen molar-refractivity contribution in [2.45, 2.75) is 30.7 Å². The molecule has 1 amide bonds. The maximum absolute atomic E-state index is 13.6.